The van der Waals surface area contributed by atoms with E-state index in [0.717, 1.165) is 48.2 Å². The Labute approximate surface area is 285 Å². The fraction of sp³-hybridized carbons (Fsp3) is 0.444. The highest BCUT2D eigenvalue weighted by Gasteiger charge is 2.28. The minimum absolute atomic E-state index is 0.104. The van der Waals surface area contributed by atoms with Gasteiger partial charge in [-0.2, -0.15) is 5.10 Å². The van der Waals surface area contributed by atoms with Crippen LogP contribution in [0, 0.1) is 11.7 Å². The van der Waals surface area contributed by atoms with E-state index >= 15 is 0 Å². The number of amides is 2. The Morgan fingerprint density at radius 1 is 1.04 bits per heavy atom. The van der Waals surface area contributed by atoms with E-state index in [-0.39, 0.29) is 30.7 Å². The molecule has 13 heteroatoms. The lowest BCUT2D eigenvalue weighted by molar-refractivity contribution is -0.121. The highest BCUT2D eigenvalue weighted by Crippen LogP contribution is 2.44. The number of anilines is 1. The maximum atomic E-state index is 14.1. The van der Waals surface area contributed by atoms with Crippen molar-refractivity contribution in [1.82, 2.24) is 30.3 Å². The molecule has 0 spiro atoms. The first-order valence-corrected chi connectivity index (χ1v) is 16.8. The fourth-order valence-electron chi connectivity index (χ4n) is 6.87. The van der Waals surface area contributed by atoms with Crippen LogP contribution in [0.4, 0.5) is 10.2 Å². The Morgan fingerprint density at radius 2 is 1.88 bits per heavy atom. The number of rotatable bonds is 6. The second-order valence-electron chi connectivity index (χ2n) is 12.5. The zero-order valence-corrected chi connectivity index (χ0v) is 28.6. The lowest BCUT2D eigenvalue weighted by Crippen LogP contribution is -2.42. The second kappa shape index (κ2) is 15.1. The van der Waals surface area contributed by atoms with Gasteiger partial charge in [-0.3, -0.25) is 19.6 Å². The highest BCUT2D eigenvalue weighted by atomic mass is 19.1. The zero-order valence-electron chi connectivity index (χ0n) is 28.6. The molecular formula is C36H44FN7O5. The van der Waals surface area contributed by atoms with Gasteiger partial charge in [-0.25, -0.2) is 9.37 Å². The van der Waals surface area contributed by atoms with Crippen molar-refractivity contribution in [2.75, 3.05) is 72.0 Å². The van der Waals surface area contributed by atoms with Gasteiger partial charge in [-0.05, 0) is 43.5 Å². The standard InChI is InChI=1S/C36H44FN7O5/c1-5-42-14-15-43(36(46)28-20-39-41-32(28)24-9-6-10-26(37)16-24)13-11-31(45)38-19-23-8-7-12-44(21-23)35-25(22-42)17-27-29(40-35)18-30(47-2)34(49-4)33(27)48-3/h6,9-10,16-18,20,23H,5,7-8,11-15,19,21-22H2,1-4H3,(H,38,45)(H,39,41). The van der Waals surface area contributed by atoms with Crippen molar-refractivity contribution < 1.29 is 28.2 Å². The van der Waals surface area contributed by atoms with Crippen LogP contribution >= 0.6 is 0 Å². The smallest absolute Gasteiger partial charge is 0.257 e. The third-order valence-electron chi connectivity index (χ3n) is 9.49. The van der Waals surface area contributed by atoms with E-state index in [2.05, 4.69) is 38.3 Å². The molecule has 12 nitrogen and oxygen atoms in total. The van der Waals surface area contributed by atoms with E-state index in [9.17, 15) is 14.0 Å². The summed E-state index contributed by atoms with van der Waals surface area (Å²) in [5, 5.41) is 10.9. The molecule has 0 saturated carbocycles. The van der Waals surface area contributed by atoms with Crippen molar-refractivity contribution in [2.24, 2.45) is 5.92 Å². The predicted molar refractivity (Wildman–Crippen MR) is 185 cm³/mol. The molecule has 1 atom stereocenters. The van der Waals surface area contributed by atoms with Crippen LogP contribution in [0.1, 0.15) is 42.1 Å². The maximum absolute atomic E-state index is 14.1. The Kier molecular flexibility index (Phi) is 10.5. The molecule has 2 aromatic heterocycles. The van der Waals surface area contributed by atoms with Crippen LogP contribution in [0.15, 0.2) is 42.6 Å². The number of H-pyrrole nitrogens is 1. The van der Waals surface area contributed by atoms with Crippen LogP contribution in [0.5, 0.6) is 17.2 Å². The number of hydrogen-bond donors (Lipinski definition) is 2. The monoisotopic (exact) mass is 673 g/mol. The summed E-state index contributed by atoms with van der Waals surface area (Å²) in [6, 6.07) is 10.1. The van der Waals surface area contributed by atoms with E-state index in [1.807, 2.05) is 6.07 Å². The Morgan fingerprint density at radius 3 is 2.63 bits per heavy atom. The van der Waals surface area contributed by atoms with Crippen LogP contribution in [0.2, 0.25) is 0 Å². The van der Waals surface area contributed by atoms with Crippen molar-refractivity contribution in [2.45, 2.75) is 32.7 Å². The molecule has 49 heavy (non-hydrogen) atoms. The number of nitrogens with zero attached hydrogens (tertiary/aromatic N) is 5. The Bertz CT molecular complexity index is 1810. The number of aromatic nitrogens is 3. The average molecular weight is 674 g/mol. The van der Waals surface area contributed by atoms with Gasteiger partial charge in [0.05, 0.1) is 44.3 Å². The summed E-state index contributed by atoms with van der Waals surface area (Å²) in [7, 11) is 4.79. The molecule has 6 rings (SSSR count). The van der Waals surface area contributed by atoms with Gasteiger partial charge in [-0.15, -0.1) is 0 Å². The lowest BCUT2D eigenvalue weighted by atomic mass is 9.97. The molecule has 1 saturated heterocycles. The molecule has 0 aliphatic carbocycles. The third-order valence-corrected chi connectivity index (χ3v) is 9.49. The number of carbonyl (C=O) groups is 2. The minimum atomic E-state index is -0.409. The van der Waals surface area contributed by atoms with Gasteiger partial charge >= 0.3 is 0 Å². The van der Waals surface area contributed by atoms with E-state index in [1.54, 1.807) is 38.4 Å². The number of methoxy groups -OCH3 is 3. The number of pyridine rings is 1. The topological polar surface area (TPSA) is 125 Å². The molecule has 4 aromatic rings. The van der Waals surface area contributed by atoms with Gasteiger partial charge in [0.15, 0.2) is 11.5 Å². The summed E-state index contributed by atoms with van der Waals surface area (Å²) in [6.07, 6.45) is 3.60. The van der Waals surface area contributed by atoms with Crippen LogP contribution in [0.3, 0.4) is 0 Å². The third kappa shape index (κ3) is 7.26. The van der Waals surface area contributed by atoms with Crippen molar-refractivity contribution in [3.05, 3.63) is 59.5 Å². The highest BCUT2D eigenvalue weighted by molar-refractivity contribution is 6.00. The van der Waals surface area contributed by atoms with Gasteiger partial charge in [0, 0.05) is 74.8 Å². The van der Waals surface area contributed by atoms with Crippen molar-refractivity contribution in [3.8, 4) is 28.5 Å². The average Bonchev–Trinajstić information content (AvgIpc) is 3.62. The van der Waals surface area contributed by atoms with Crippen LogP contribution in [-0.2, 0) is 11.3 Å². The van der Waals surface area contributed by atoms with Gasteiger partial charge < -0.3 is 29.3 Å². The Hall–Kier alpha value is -4.91. The van der Waals surface area contributed by atoms with Gasteiger partial charge in [0.1, 0.15) is 11.6 Å². The summed E-state index contributed by atoms with van der Waals surface area (Å²) in [5.41, 5.74) is 3.04. The minimum Gasteiger partial charge on any atom is -0.493 e. The summed E-state index contributed by atoms with van der Waals surface area (Å²) < 4.78 is 31.3. The lowest BCUT2D eigenvalue weighted by Gasteiger charge is -2.35. The van der Waals surface area contributed by atoms with Crippen molar-refractivity contribution in [3.63, 3.8) is 0 Å². The number of aromatic amines is 1. The molecule has 2 aromatic carbocycles. The molecule has 2 aliphatic heterocycles. The number of hydrogen-bond acceptors (Lipinski definition) is 9. The van der Waals surface area contributed by atoms with Crippen LogP contribution < -0.4 is 24.4 Å². The predicted octanol–water partition coefficient (Wildman–Crippen LogP) is 4.49. The number of halogens is 1. The van der Waals surface area contributed by atoms with E-state index < -0.39 is 5.82 Å². The number of nitrogens with one attached hydrogen (secondary N) is 2. The summed E-state index contributed by atoms with van der Waals surface area (Å²) >= 11 is 0. The molecular weight excluding hydrogens is 629 g/mol. The maximum Gasteiger partial charge on any atom is 0.257 e. The van der Waals surface area contributed by atoms with Crippen molar-refractivity contribution in [1.29, 1.82) is 0 Å². The number of piperidine rings is 1. The largest absolute Gasteiger partial charge is 0.493 e. The van der Waals surface area contributed by atoms with E-state index in [1.165, 1.54) is 18.3 Å². The number of fused-ring (bicyclic) bond motifs is 5. The summed E-state index contributed by atoms with van der Waals surface area (Å²) in [6.45, 7) is 6.67. The summed E-state index contributed by atoms with van der Waals surface area (Å²) in [4.78, 5) is 38.7. The van der Waals surface area contributed by atoms with Crippen LogP contribution in [0.25, 0.3) is 22.2 Å². The molecule has 1 unspecified atom stereocenters. The van der Waals surface area contributed by atoms with E-state index in [0.29, 0.717) is 66.8 Å². The molecule has 260 valence electrons. The van der Waals surface area contributed by atoms with Gasteiger partial charge in [-0.1, -0.05) is 19.1 Å². The molecule has 0 radical (unpaired) electrons. The van der Waals surface area contributed by atoms with Crippen molar-refractivity contribution >= 4 is 28.5 Å². The van der Waals surface area contributed by atoms with E-state index in [4.69, 9.17) is 19.2 Å². The first-order chi connectivity index (χ1) is 23.8. The Balaban J connectivity index is 1.37. The van der Waals surface area contributed by atoms with Gasteiger partial charge in [0.25, 0.3) is 5.91 Å². The molecule has 2 bridgehead atoms. The number of carbonyl (C=O) groups excluding carboxylic acids is 2. The zero-order chi connectivity index (χ0) is 34.5. The first kappa shape index (κ1) is 34.0. The second-order valence-corrected chi connectivity index (χ2v) is 12.5. The SMILES string of the molecule is CCN1CCN(C(=O)c2cn[nH]c2-c2cccc(F)c2)CCC(=O)NCC2CCCN(C2)c2nc3cc(OC)c(OC)c(OC)c3cc2C1. The summed E-state index contributed by atoms with van der Waals surface area (Å²) in [5.74, 6) is 1.93. The normalized spacial score (nSPS) is 17.9. The van der Waals surface area contributed by atoms with Crippen LogP contribution in [-0.4, -0.2) is 104 Å². The van der Waals surface area contributed by atoms with Gasteiger partial charge in [0.2, 0.25) is 11.7 Å². The quantitative estimate of drug-likeness (QED) is 0.305. The number of ether oxygens (including phenoxy) is 3. The molecule has 2 aliphatic rings. The molecule has 2 amide bonds. The fourth-order valence-corrected chi connectivity index (χ4v) is 6.87. The molecule has 1 fully saturated rings. The first-order valence-electron chi connectivity index (χ1n) is 16.8. The number of likely N-dealkylation sites (N-methyl/N-ethyl adjacent to an activating group) is 1. The molecule has 4 heterocycles. The molecule has 2 N–H and O–H groups in total. The number of benzene rings is 2.